The lowest BCUT2D eigenvalue weighted by atomic mass is 10.2. The Hall–Kier alpha value is -0.540. The van der Waals surface area contributed by atoms with E-state index < -0.39 is 27.6 Å². The van der Waals surface area contributed by atoms with Gasteiger partial charge in [0.1, 0.15) is 11.4 Å². The number of nitrogens with two attached hydrogens (primary N) is 1. The van der Waals surface area contributed by atoms with Crippen LogP contribution in [0, 0.1) is 0 Å². The van der Waals surface area contributed by atoms with Crippen LogP contribution in [0.4, 0.5) is 13.2 Å². The van der Waals surface area contributed by atoms with Crippen molar-refractivity contribution in [3.05, 3.63) is 27.7 Å². The second-order valence-electron chi connectivity index (χ2n) is 3.48. The summed E-state index contributed by atoms with van der Waals surface area (Å²) in [6.07, 6.45) is -4.66. The van der Waals surface area contributed by atoms with Crippen LogP contribution < -0.4 is 10.5 Å². The van der Waals surface area contributed by atoms with Gasteiger partial charge in [0.2, 0.25) is 10.0 Å². The predicted molar refractivity (Wildman–Crippen MR) is 65.6 cm³/mol. The van der Waals surface area contributed by atoms with Crippen molar-refractivity contribution in [2.24, 2.45) is 5.73 Å². The lowest BCUT2D eigenvalue weighted by Crippen LogP contribution is -2.34. The molecular formula is C9H9Cl2F3N2O2S. The van der Waals surface area contributed by atoms with Gasteiger partial charge in [0.05, 0.1) is 5.02 Å². The minimum Gasteiger partial charge on any atom is -0.326 e. The lowest BCUT2D eigenvalue weighted by Gasteiger charge is -2.13. The molecule has 1 rings (SSSR count). The Labute approximate surface area is 117 Å². The van der Waals surface area contributed by atoms with E-state index in [2.05, 4.69) is 0 Å². The quantitative estimate of drug-likeness (QED) is 0.886. The maximum absolute atomic E-state index is 12.0. The summed E-state index contributed by atoms with van der Waals surface area (Å²) >= 11 is 11.5. The molecule has 0 unspecified atom stereocenters. The molecule has 0 aliphatic carbocycles. The van der Waals surface area contributed by atoms with Crippen LogP contribution in [0.1, 0.15) is 5.56 Å². The van der Waals surface area contributed by atoms with Gasteiger partial charge in [-0.05, 0) is 12.1 Å². The summed E-state index contributed by atoms with van der Waals surface area (Å²) in [5.41, 5.74) is 5.49. The van der Waals surface area contributed by atoms with Crippen LogP contribution in [0.25, 0.3) is 0 Å². The van der Waals surface area contributed by atoms with Crippen molar-refractivity contribution >= 4 is 33.2 Å². The third-order valence-electron chi connectivity index (χ3n) is 2.11. The van der Waals surface area contributed by atoms with Crippen molar-refractivity contribution < 1.29 is 21.6 Å². The lowest BCUT2D eigenvalue weighted by molar-refractivity contribution is -0.121. The average molecular weight is 337 g/mol. The van der Waals surface area contributed by atoms with Gasteiger partial charge >= 0.3 is 6.18 Å². The highest BCUT2D eigenvalue weighted by Gasteiger charge is 2.31. The highest BCUT2D eigenvalue weighted by atomic mass is 35.5. The Kier molecular flexibility index (Phi) is 5.08. The summed E-state index contributed by atoms with van der Waals surface area (Å²) in [6, 6.07) is 2.22. The first-order valence-corrected chi connectivity index (χ1v) is 7.06. The normalized spacial score (nSPS) is 12.7. The molecule has 0 saturated heterocycles. The molecule has 0 fully saturated rings. The molecule has 0 spiro atoms. The van der Waals surface area contributed by atoms with E-state index in [-0.39, 0.29) is 22.2 Å². The van der Waals surface area contributed by atoms with Crippen molar-refractivity contribution in [3.63, 3.8) is 0 Å². The summed E-state index contributed by atoms with van der Waals surface area (Å²) in [5.74, 6) is 0. The van der Waals surface area contributed by atoms with E-state index in [1.165, 1.54) is 10.8 Å². The van der Waals surface area contributed by atoms with Crippen molar-refractivity contribution in [2.75, 3.05) is 6.54 Å². The Morgan fingerprint density at radius 1 is 1.26 bits per heavy atom. The van der Waals surface area contributed by atoms with Crippen LogP contribution in [0.15, 0.2) is 17.0 Å². The van der Waals surface area contributed by atoms with Crippen molar-refractivity contribution in [1.82, 2.24) is 4.72 Å². The highest BCUT2D eigenvalue weighted by Crippen LogP contribution is 2.30. The molecule has 0 aliphatic rings. The van der Waals surface area contributed by atoms with Crippen molar-refractivity contribution in [3.8, 4) is 0 Å². The highest BCUT2D eigenvalue weighted by molar-refractivity contribution is 7.89. The molecule has 4 nitrogen and oxygen atoms in total. The first-order chi connectivity index (χ1) is 8.58. The van der Waals surface area contributed by atoms with E-state index in [1.54, 1.807) is 0 Å². The second kappa shape index (κ2) is 5.84. The largest absolute Gasteiger partial charge is 0.402 e. The summed E-state index contributed by atoms with van der Waals surface area (Å²) in [7, 11) is -4.39. The molecular weight excluding hydrogens is 328 g/mol. The Morgan fingerprint density at radius 2 is 1.84 bits per heavy atom. The fraction of sp³-hybridized carbons (Fsp3) is 0.333. The smallest absolute Gasteiger partial charge is 0.326 e. The Morgan fingerprint density at radius 3 is 2.32 bits per heavy atom. The summed E-state index contributed by atoms with van der Waals surface area (Å²) in [5, 5.41) is -0.146. The van der Waals surface area contributed by atoms with Gasteiger partial charge in [-0.3, -0.25) is 0 Å². The Balaban J connectivity index is 3.16. The molecule has 3 N–H and O–H groups in total. The molecule has 108 valence electrons. The average Bonchev–Trinajstić information content (AvgIpc) is 2.26. The van der Waals surface area contributed by atoms with E-state index in [4.69, 9.17) is 28.9 Å². The number of hydrogen-bond donors (Lipinski definition) is 2. The number of rotatable bonds is 4. The van der Waals surface area contributed by atoms with Crippen molar-refractivity contribution in [2.45, 2.75) is 17.6 Å². The molecule has 0 heterocycles. The molecule has 10 heteroatoms. The van der Waals surface area contributed by atoms with Crippen molar-refractivity contribution in [1.29, 1.82) is 0 Å². The molecule has 19 heavy (non-hydrogen) atoms. The zero-order valence-electron chi connectivity index (χ0n) is 9.26. The maximum Gasteiger partial charge on any atom is 0.402 e. The van der Waals surface area contributed by atoms with Gasteiger partial charge in [-0.15, -0.1) is 0 Å². The molecule has 0 atom stereocenters. The molecule has 0 amide bonds. The first-order valence-electron chi connectivity index (χ1n) is 4.82. The molecule has 0 aliphatic heterocycles. The minimum absolute atomic E-state index is 0.139. The van der Waals surface area contributed by atoms with E-state index in [0.717, 1.165) is 6.07 Å². The summed E-state index contributed by atoms with van der Waals surface area (Å²) < 4.78 is 60.8. The Bertz CT molecular complexity index is 576. The van der Waals surface area contributed by atoms with E-state index in [1.807, 2.05) is 0 Å². The fourth-order valence-corrected chi connectivity index (χ4v) is 3.17. The topological polar surface area (TPSA) is 72.2 Å². The van der Waals surface area contributed by atoms with Gasteiger partial charge in [-0.1, -0.05) is 23.2 Å². The fourth-order valence-electron chi connectivity index (χ4n) is 1.23. The molecule has 1 aromatic carbocycles. The van der Waals surface area contributed by atoms with Crippen LogP contribution in [0.5, 0.6) is 0 Å². The summed E-state index contributed by atoms with van der Waals surface area (Å²) in [4.78, 5) is -0.497. The predicted octanol–water partition coefficient (Wildman–Crippen LogP) is 2.29. The zero-order valence-corrected chi connectivity index (χ0v) is 11.6. The standard InChI is InChI=1S/C9H9Cl2F3N2O2S/c10-6-1-2-7(8(11)5(6)3-15)19(17,18)16-4-9(12,13)14/h1-2,16H,3-4,15H2. The van der Waals surface area contributed by atoms with Gasteiger partial charge in [0.25, 0.3) is 0 Å². The van der Waals surface area contributed by atoms with Crippen LogP contribution in [0.3, 0.4) is 0 Å². The number of hydrogen-bond acceptors (Lipinski definition) is 3. The first kappa shape index (κ1) is 16.5. The van der Waals surface area contributed by atoms with Gasteiger partial charge < -0.3 is 5.73 Å². The molecule has 1 aromatic rings. The van der Waals surface area contributed by atoms with Gasteiger partial charge in [-0.2, -0.15) is 13.2 Å². The third kappa shape index (κ3) is 4.22. The number of nitrogens with one attached hydrogen (secondary N) is 1. The second-order valence-corrected chi connectivity index (χ2v) is 6.00. The number of halogens is 5. The van der Waals surface area contributed by atoms with E-state index in [9.17, 15) is 21.6 Å². The number of benzene rings is 1. The monoisotopic (exact) mass is 336 g/mol. The van der Waals surface area contributed by atoms with E-state index >= 15 is 0 Å². The van der Waals surface area contributed by atoms with Gasteiger partial charge in [0, 0.05) is 17.1 Å². The van der Waals surface area contributed by atoms with Crippen LogP contribution in [-0.4, -0.2) is 21.1 Å². The van der Waals surface area contributed by atoms with Crippen LogP contribution >= 0.6 is 23.2 Å². The number of sulfonamides is 1. The molecule has 0 radical (unpaired) electrons. The van der Waals surface area contributed by atoms with Gasteiger partial charge in [0.15, 0.2) is 0 Å². The molecule has 0 saturated carbocycles. The third-order valence-corrected chi connectivity index (χ3v) is 4.45. The minimum atomic E-state index is -4.66. The number of alkyl halides is 3. The van der Waals surface area contributed by atoms with Crippen LogP contribution in [-0.2, 0) is 16.6 Å². The van der Waals surface area contributed by atoms with Gasteiger partial charge in [-0.25, -0.2) is 13.1 Å². The SMILES string of the molecule is NCc1c(Cl)ccc(S(=O)(=O)NCC(F)(F)F)c1Cl. The molecule has 0 aromatic heterocycles. The van der Waals surface area contributed by atoms with E-state index in [0.29, 0.717) is 0 Å². The molecule has 0 bridgehead atoms. The summed E-state index contributed by atoms with van der Waals surface area (Å²) in [6.45, 7) is -1.83. The van der Waals surface area contributed by atoms with Crippen LogP contribution in [0.2, 0.25) is 10.0 Å². The maximum atomic E-state index is 12.0. The zero-order chi connectivity index (χ0) is 14.8.